The number of aryl methyl sites for hydroxylation is 1. The summed E-state index contributed by atoms with van der Waals surface area (Å²) in [6, 6.07) is 34.0. The maximum absolute atomic E-state index is 13.4. The van der Waals surface area contributed by atoms with Gasteiger partial charge in [-0.25, -0.2) is 4.79 Å². The second-order valence-electron chi connectivity index (χ2n) is 8.63. The van der Waals surface area contributed by atoms with Crippen molar-refractivity contribution in [1.29, 1.82) is 0 Å². The summed E-state index contributed by atoms with van der Waals surface area (Å²) < 4.78 is 0. The predicted octanol–water partition coefficient (Wildman–Crippen LogP) is 8.56. The molecule has 0 fully saturated rings. The van der Waals surface area contributed by atoms with Crippen molar-refractivity contribution in [2.75, 3.05) is 11.9 Å². The Hall–Kier alpha value is -3.27. The van der Waals surface area contributed by atoms with Crippen molar-refractivity contribution in [2.45, 2.75) is 25.8 Å². The van der Waals surface area contributed by atoms with E-state index < -0.39 is 0 Å². The Kier molecular flexibility index (Phi) is 8.46. The molecule has 4 rings (SSSR count). The highest BCUT2D eigenvalue weighted by Gasteiger charge is 2.20. The minimum absolute atomic E-state index is 0.151. The highest BCUT2D eigenvalue weighted by Crippen LogP contribution is 2.29. The van der Waals surface area contributed by atoms with Crippen LogP contribution in [0.15, 0.2) is 103 Å². The molecule has 0 radical (unpaired) electrons. The molecule has 0 bridgehead atoms. The Morgan fingerprint density at radius 2 is 1.46 bits per heavy atom. The number of halogens is 2. The van der Waals surface area contributed by atoms with Gasteiger partial charge in [-0.3, -0.25) is 0 Å². The third kappa shape index (κ3) is 6.88. The van der Waals surface area contributed by atoms with Crippen LogP contribution >= 0.6 is 23.2 Å². The van der Waals surface area contributed by atoms with Crippen LogP contribution in [0.4, 0.5) is 10.5 Å². The minimum Gasteiger partial charge on any atom is -0.320 e. The van der Waals surface area contributed by atoms with Gasteiger partial charge in [0.25, 0.3) is 0 Å². The summed E-state index contributed by atoms with van der Waals surface area (Å²) in [6.07, 6.45) is 0.774. The van der Waals surface area contributed by atoms with Crippen molar-refractivity contribution in [3.05, 3.63) is 135 Å². The Labute approximate surface area is 217 Å². The molecule has 0 aliphatic heterocycles. The Morgan fingerprint density at radius 1 is 0.800 bits per heavy atom. The fraction of sp³-hybridized carbons (Fsp3) is 0.167. The van der Waals surface area contributed by atoms with Gasteiger partial charge in [0.1, 0.15) is 0 Å². The summed E-state index contributed by atoms with van der Waals surface area (Å²) in [4.78, 5) is 15.3. The molecule has 0 aliphatic rings. The van der Waals surface area contributed by atoms with E-state index in [2.05, 4.69) is 53.8 Å². The standard InChI is InChI=1S/C30H28Cl2N2O/c1-22-9-8-14-26(19-22)33-30(35)34(21-23-15-16-28(31)29(32)20-23)18-17-27(24-10-4-2-5-11-24)25-12-6-3-7-13-25/h2-16,19-20,27H,17-18,21H2,1H3,(H,33,35). The SMILES string of the molecule is Cc1cccc(NC(=O)N(CCC(c2ccccc2)c2ccccc2)Cc2ccc(Cl)c(Cl)c2)c1. The molecule has 35 heavy (non-hydrogen) atoms. The van der Waals surface area contributed by atoms with E-state index in [4.69, 9.17) is 23.2 Å². The topological polar surface area (TPSA) is 32.3 Å². The van der Waals surface area contributed by atoms with Gasteiger partial charge in [-0.05, 0) is 59.9 Å². The van der Waals surface area contributed by atoms with Gasteiger partial charge in [-0.2, -0.15) is 0 Å². The van der Waals surface area contributed by atoms with Gasteiger partial charge < -0.3 is 10.2 Å². The molecule has 178 valence electrons. The predicted molar refractivity (Wildman–Crippen MR) is 146 cm³/mol. The first kappa shape index (κ1) is 24.8. The van der Waals surface area contributed by atoms with E-state index in [0.29, 0.717) is 23.1 Å². The number of carbonyl (C=O) groups is 1. The first-order valence-corrected chi connectivity index (χ1v) is 12.4. The monoisotopic (exact) mass is 502 g/mol. The van der Waals surface area contributed by atoms with Crippen LogP contribution in [0.25, 0.3) is 0 Å². The normalized spacial score (nSPS) is 10.9. The Balaban J connectivity index is 1.58. The summed E-state index contributed by atoms with van der Waals surface area (Å²) >= 11 is 12.4. The smallest absolute Gasteiger partial charge is 0.320 e. The second kappa shape index (κ2) is 11.9. The Morgan fingerprint density at radius 3 is 2.06 bits per heavy atom. The number of nitrogens with zero attached hydrogens (tertiary/aromatic N) is 1. The van der Waals surface area contributed by atoms with E-state index >= 15 is 0 Å². The zero-order valence-corrected chi connectivity index (χ0v) is 21.1. The van der Waals surface area contributed by atoms with Crippen molar-refractivity contribution in [1.82, 2.24) is 4.90 Å². The molecule has 1 N–H and O–H groups in total. The first-order chi connectivity index (χ1) is 17.0. The van der Waals surface area contributed by atoms with Crippen molar-refractivity contribution in [3.63, 3.8) is 0 Å². The van der Waals surface area contributed by atoms with Crippen LogP contribution in [0.1, 0.15) is 34.6 Å². The summed E-state index contributed by atoms with van der Waals surface area (Å²) in [5.41, 5.74) is 5.25. The van der Waals surface area contributed by atoms with Crippen LogP contribution in [-0.2, 0) is 6.54 Å². The zero-order chi connectivity index (χ0) is 24.6. The molecule has 0 aliphatic carbocycles. The second-order valence-corrected chi connectivity index (χ2v) is 9.45. The number of hydrogen-bond acceptors (Lipinski definition) is 1. The van der Waals surface area contributed by atoms with E-state index in [1.165, 1.54) is 11.1 Å². The van der Waals surface area contributed by atoms with Crippen molar-refractivity contribution < 1.29 is 4.79 Å². The summed E-state index contributed by atoms with van der Waals surface area (Å²) in [6.45, 7) is 2.99. The maximum atomic E-state index is 13.4. The number of nitrogens with one attached hydrogen (secondary N) is 1. The largest absolute Gasteiger partial charge is 0.322 e. The number of rotatable bonds is 8. The number of anilines is 1. The van der Waals surface area contributed by atoms with E-state index in [-0.39, 0.29) is 11.9 Å². The van der Waals surface area contributed by atoms with Crippen molar-refractivity contribution >= 4 is 34.9 Å². The number of carbonyl (C=O) groups excluding carboxylic acids is 1. The lowest BCUT2D eigenvalue weighted by atomic mass is 9.88. The average Bonchev–Trinajstić information content (AvgIpc) is 2.87. The van der Waals surface area contributed by atoms with Gasteiger partial charge >= 0.3 is 6.03 Å². The third-order valence-corrected chi connectivity index (χ3v) is 6.74. The van der Waals surface area contributed by atoms with Crippen LogP contribution in [0.2, 0.25) is 10.0 Å². The lowest BCUT2D eigenvalue weighted by Gasteiger charge is -2.27. The molecule has 0 saturated carbocycles. The van der Waals surface area contributed by atoms with Gasteiger partial charge in [0.05, 0.1) is 10.0 Å². The molecule has 4 aromatic rings. The molecule has 0 aromatic heterocycles. The van der Waals surface area contributed by atoms with Crippen molar-refractivity contribution in [3.8, 4) is 0 Å². The first-order valence-electron chi connectivity index (χ1n) is 11.7. The van der Waals surface area contributed by atoms with Gasteiger partial charge in [0, 0.05) is 24.7 Å². The van der Waals surface area contributed by atoms with Gasteiger partial charge in [-0.15, -0.1) is 0 Å². The maximum Gasteiger partial charge on any atom is 0.322 e. The molecule has 0 spiro atoms. The molecular formula is C30H28Cl2N2O. The Bertz CT molecular complexity index is 1220. The molecule has 4 aromatic carbocycles. The number of benzene rings is 4. The molecule has 0 unspecified atom stereocenters. The fourth-order valence-electron chi connectivity index (χ4n) is 4.22. The van der Waals surface area contributed by atoms with Gasteiger partial charge in [0.15, 0.2) is 0 Å². The third-order valence-electron chi connectivity index (χ3n) is 6.01. The van der Waals surface area contributed by atoms with Gasteiger partial charge in [0.2, 0.25) is 0 Å². The van der Waals surface area contributed by atoms with E-state index in [9.17, 15) is 4.79 Å². The summed E-state index contributed by atoms with van der Waals surface area (Å²) in [5, 5.41) is 4.04. The molecule has 0 atom stereocenters. The van der Waals surface area contributed by atoms with Crippen LogP contribution < -0.4 is 5.32 Å². The lowest BCUT2D eigenvalue weighted by Crippen LogP contribution is -2.36. The zero-order valence-electron chi connectivity index (χ0n) is 19.6. The van der Waals surface area contributed by atoms with Crippen LogP contribution in [0.5, 0.6) is 0 Å². The average molecular weight is 503 g/mol. The summed E-state index contributed by atoms with van der Waals surface area (Å²) in [5.74, 6) is 0.167. The van der Waals surface area contributed by atoms with Crippen LogP contribution in [0.3, 0.4) is 0 Å². The molecule has 0 saturated heterocycles. The molecule has 3 nitrogen and oxygen atoms in total. The highest BCUT2D eigenvalue weighted by atomic mass is 35.5. The highest BCUT2D eigenvalue weighted by molar-refractivity contribution is 6.42. The lowest BCUT2D eigenvalue weighted by molar-refractivity contribution is 0.207. The quantitative estimate of drug-likeness (QED) is 0.257. The fourth-order valence-corrected chi connectivity index (χ4v) is 4.54. The van der Waals surface area contributed by atoms with Gasteiger partial charge in [-0.1, -0.05) is 102 Å². The molecule has 0 heterocycles. The van der Waals surface area contributed by atoms with Crippen molar-refractivity contribution in [2.24, 2.45) is 0 Å². The summed E-state index contributed by atoms with van der Waals surface area (Å²) in [7, 11) is 0. The van der Waals surface area contributed by atoms with Crippen LogP contribution in [0, 0.1) is 6.92 Å². The number of hydrogen-bond donors (Lipinski definition) is 1. The number of urea groups is 1. The van der Waals surface area contributed by atoms with E-state index in [0.717, 1.165) is 23.2 Å². The number of amides is 2. The van der Waals surface area contributed by atoms with Crippen LogP contribution in [-0.4, -0.2) is 17.5 Å². The van der Waals surface area contributed by atoms with E-state index in [1.807, 2.05) is 60.4 Å². The molecule has 2 amide bonds. The minimum atomic E-state index is -0.151. The molecular weight excluding hydrogens is 475 g/mol. The van der Waals surface area contributed by atoms with E-state index in [1.54, 1.807) is 6.07 Å². The molecule has 5 heteroatoms.